The predicted molar refractivity (Wildman–Crippen MR) is 121 cm³/mol. The summed E-state index contributed by atoms with van der Waals surface area (Å²) in [7, 11) is -7.04. The van der Waals surface area contributed by atoms with Gasteiger partial charge in [-0.25, -0.2) is 16.8 Å². The number of benzene rings is 1. The summed E-state index contributed by atoms with van der Waals surface area (Å²) >= 11 is 0. The number of piperazine rings is 1. The largest absolute Gasteiger partial charge is 0.330 e. The average Bonchev–Trinajstić information content (AvgIpc) is 2.78. The third-order valence-electron chi connectivity index (χ3n) is 5.61. The number of anilines is 1. The zero-order valence-electron chi connectivity index (χ0n) is 17.6. The van der Waals surface area contributed by atoms with E-state index in [1.807, 2.05) is 0 Å². The van der Waals surface area contributed by atoms with Gasteiger partial charge in [0.2, 0.25) is 10.0 Å². The van der Waals surface area contributed by atoms with Crippen LogP contribution < -0.4 is 5.32 Å². The second-order valence-corrected chi connectivity index (χ2v) is 11.4. The van der Waals surface area contributed by atoms with Crippen LogP contribution in [0.5, 0.6) is 0 Å². The Morgan fingerprint density at radius 1 is 1.06 bits per heavy atom. The predicted octanol–water partition coefficient (Wildman–Crippen LogP) is 0.449. The molecule has 3 heterocycles. The molecule has 0 saturated carbocycles. The van der Waals surface area contributed by atoms with Crippen molar-refractivity contribution in [3.8, 4) is 0 Å². The minimum absolute atomic E-state index is 0.112. The van der Waals surface area contributed by atoms with Gasteiger partial charge in [0.1, 0.15) is 5.84 Å². The van der Waals surface area contributed by atoms with Crippen molar-refractivity contribution in [2.45, 2.75) is 11.8 Å². The molecule has 0 unspecified atom stereocenters. The number of nitrogens with zero attached hydrogens (tertiary/aromatic N) is 4. The molecule has 1 saturated heterocycles. The van der Waals surface area contributed by atoms with Gasteiger partial charge in [-0.1, -0.05) is 6.92 Å². The van der Waals surface area contributed by atoms with Crippen LogP contribution in [-0.2, 0) is 24.8 Å². The third-order valence-corrected chi connectivity index (χ3v) is 8.69. The zero-order valence-corrected chi connectivity index (χ0v) is 19.3. The number of nitrogens with one attached hydrogen (secondary N) is 1. The molecule has 12 heteroatoms. The van der Waals surface area contributed by atoms with E-state index in [2.05, 4.69) is 21.5 Å². The Morgan fingerprint density at radius 3 is 2.41 bits per heavy atom. The van der Waals surface area contributed by atoms with Crippen LogP contribution in [0.25, 0.3) is 0 Å². The molecule has 1 amide bonds. The number of sulfonamides is 2. The molecule has 0 aliphatic carbocycles. The van der Waals surface area contributed by atoms with Crippen LogP contribution in [0.1, 0.15) is 6.92 Å². The van der Waals surface area contributed by atoms with Crippen molar-refractivity contribution in [2.75, 3.05) is 50.3 Å². The Labute approximate surface area is 188 Å². The molecule has 0 aromatic heterocycles. The van der Waals surface area contributed by atoms with E-state index in [4.69, 9.17) is 0 Å². The first-order valence-electron chi connectivity index (χ1n) is 10.3. The Morgan fingerprint density at radius 2 is 1.75 bits per heavy atom. The van der Waals surface area contributed by atoms with Gasteiger partial charge in [-0.2, -0.15) is 4.31 Å². The maximum Gasteiger partial charge on any atom is 0.257 e. The Balaban J connectivity index is 1.42. The number of carbonyl (C=O) groups excluding carboxylic acids is 1. The summed E-state index contributed by atoms with van der Waals surface area (Å²) in [4.78, 5) is 16.6. The molecule has 0 bridgehead atoms. The van der Waals surface area contributed by atoms with Crippen molar-refractivity contribution in [3.63, 3.8) is 0 Å². The lowest BCUT2D eigenvalue weighted by Crippen LogP contribution is -2.48. The van der Waals surface area contributed by atoms with E-state index in [0.717, 1.165) is 6.54 Å². The topological polar surface area (TPSA) is 119 Å². The molecule has 1 aromatic rings. The minimum atomic E-state index is -3.58. The number of hydrogen-bond donors (Lipinski definition) is 1. The molecule has 0 atom stereocenters. The number of amides is 1. The average molecular weight is 480 g/mol. The molecule has 3 aliphatic rings. The van der Waals surface area contributed by atoms with E-state index in [1.54, 1.807) is 23.2 Å². The summed E-state index contributed by atoms with van der Waals surface area (Å²) in [6.45, 7) is 5.51. The van der Waals surface area contributed by atoms with Crippen LogP contribution in [0.2, 0.25) is 0 Å². The summed E-state index contributed by atoms with van der Waals surface area (Å²) in [6.07, 6.45) is 4.54. The highest BCUT2D eigenvalue weighted by Gasteiger charge is 2.28. The first kappa shape index (κ1) is 22.6. The van der Waals surface area contributed by atoms with E-state index in [-0.39, 0.29) is 28.9 Å². The molecular formula is C20H25N5O5S2. The lowest BCUT2D eigenvalue weighted by Gasteiger charge is -2.33. The molecule has 10 nitrogen and oxygen atoms in total. The van der Waals surface area contributed by atoms with Gasteiger partial charge in [0.25, 0.3) is 15.9 Å². The molecule has 1 fully saturated rings. The van der Waals surface area contributed by atoms with Crippen LogP contribution in [-0.4, -0.2) is 87.7 Å². The van der Waals surface area contributed by atoms with Crippen molar-refractivity contribution in [2.24, 2.45) is 4.40 Å². The van der Waals surface area contributed by atoms with Crippen molar-refractivity contribution < 1.29 is 21.6 Å². The van der Waals surface area contributed by atoms with Gasteiger partial charge in [-0.05, 0) is 43.0 Å². The second kappa shape index (κ2) is 8.77. The van der Waals surface area contributed by atoms with Crippen LogP contribution >= 0.6 is 0 Å². The lowest BCUT2D eigenvalue weighted by molar-refractivity contribution is -0.112. The fraction of sp³-hybridized carbons (Fsp3) is 0.400. The van der Waals surface area contributed by atoms with Crippen LogP contribution in [0.4, 0.5) is 5.69 Å². The van der Waals surface area contributed by atoms with Crippen molar-refractivity contribution in [1.29, 1.82) is 0 Å². The summed E-state index contributed by atoms with van der Waals surface area (Å²) < 4.78 is 54.1. The quantitative estimate of drug-likeness (QED) is 0.651. The maximum atomic E-state index is 12.9. The number of amidine groups is 1. The van der Waals surface area contributed by atoms with Gasteiger partial charge < -0.3 is 15.1 Å². The number of hydrogen-bond acceptors (Lipinski definition) is 7. The van der Waals surface area contributed by atoms with Crippen LogP contribution in [0, 0.1) is 0 Å². The molecule has 1 aromatic carbocycles. The van der Waals surface area contributed by atoms with E-state index in [1.165, 1.54) is 28.6 Å². The number of rotatable bonds is 5. The SMILES string of the molecule is CCN1CCN(S(=O)(=O)c2ccc(NC(=O)C3=CN4CCS(=O)(=O)N=C4C=C3)cc2)CC1. The third kappa shape index (κ3) is 4.77. The fourth-order valence-corrected chi connectivity index (χ4v) is 6.08. The molecule has 0 radical (unpaired) electrons. The molecule has 172 valence electrons. The zero-order chi connectivity index (χ0) is 22.9. The van der Waals surface area contributed by atoms with E-state index in [0.29, 0.717) is 37.4 Å². The highest BCUT2D eigenvalue weighted by atomic mass is 32.2. The first-order valence-corrected chi connectivity index (χ1v) is 13.4. The summed E-state index contributed by atoms with van der Waals surface area (Å²) in [6, 6.07) is 6.09. The van der Waals surface area contributed by atoms with E-state index >= 15 is 0 Å². The molecule has 3 aliphatic heterocycles. The molecular weight excluding hydrogens is 454 g/mol. The van der Waals surface area contributed by atoms with E-state index < -0.39 is 20.0 Å². The normalized spacial score (nSPS) is 21.5. The van der Waals surface area contributed by atoms with Crippen LogP contribution in [0.3, 0.4) is 0 Å². The van der Waals surface area contributed by atoms with Gasteiger partial charge in [0.15, 0.2) is 0 Å². The van der Waals surface area contributed by atoms with Gasteiger partial charge in [0, 0.05) is 44.6 Å². The number of likely N-dealkylation sites (N-methyl/N-ethyl adjacent to an activating group) is 1. The van der Waals surface area contributed by atoms with Crippen molar-refractivity contribution >= 4 is 37.5 Å². The number of fused-ring (bicyclic) bond motifs is 1. The summed E-state index contributed by atoms with van der Waals surface area (Å²) in [5.74, 6) is -0.221. The second-order valence-electron chi connectivity index (χ2n) is 7.66. The maximum absolute atomic E-state index is 12.9. The first-order chi connectivity index (χ1) is 15.2. The fourth-order valence-electron chi connectivity index (χ4n) is 3.68. The van der Waals surface area contributed by atoms with Gasteiger partial charge in [-0.3, -0.25) is 4.79 Å². The Hall–Kier alpha value is -2.54. The highest BCUT2D eigenvalue weighted by Crippen LogP contribution is 2.21. The molecule has 32 heavy (non-hydrogen) atoms. The molecule has 4 rings (SSSR count). The van der Waals surface area contributed by atoms with Crippen LogP contribution in [0.15, 0.2) is 57.5 Å². The molecule has 0 spiro atoms. The van der Waals surface area contributed by atoms with Crippen molar-refractivity contribution in [3.05, 3.63) is 48.2 Å². The monoisotopic (exact) mass is 479 g/mol. The van der Waals surface area contributed by atoms with Gasteiger partial charge in [-0.15, -0.1) is 4.40 Å². The Bertz CT molecular complexity index is 1200. The number of carbonyl (C=O) groups is 1. The Kier molecular flexibility index (Phi) is 6.21. The smallest absolute Gasteiger partial charge is 0.257 e. The van der Waals surface area contributed by atoms with Gasteiger partial charge in [0.05, 0.1) is 16.2 Å². The van der Waals surface area contributed by atoms with Gasteiger partial charge >= 0.3 is 0 Å². The van der Waals surface area contributed by atoms with Crippen molar-refractivity contribution in [1.82, 2.24) is 14.1 Å². The molecule has 1 N–H and O–H groups in total. The minimum Gasteiger partial charge on any atom is -0.330 e. The van der Waals surface area contributed by atoms with E-state index in [9.17, 15) is 21.6 Å². The lowest BCUT2D eigenvalue weighted by atomic mass is 10.1. The summed E-state index contributed by atoms with van der Waals surface area (Å²) in [5, 5.41) is 2.74. The highest BCUT2D eigenvalue weighted by molar-refractivity contribution is 7.90. The summed E-state index contributed by atoms with van der Waals surface area (Å²) in [5.41, 5.74) is 0.800. The standard InChI is InChI=1S/C20H25N5O5S2/c1-2-23-9-11-25(12-10-23)32(29,30)18-6-4-17(5-7-18)21-20(26)16-3-8-19-22-31(27,28)14-13-24(19)15-16/h3-8,15H,2,9-14H2,1H3,(H,21,26).